The summed E-state index contributed by atoms with van der Waals surface area (Å²) in [5.74, 6) is 0.814. The van der Waals surface area contributed by atoms with E-state index in [-0.39, 0.29) is 18.3 Å². The van der Waals surface area contributed by atoms with Crippen LogP contribution in [0, 0.1) is 0 Å². The van der Waals surface area contributed by atoms with Gasteiger partial charge in [-0.2, -0.15) is 0 Å². The molecule has 1 amide bonds. The molecule has 0 aromatic heterocycles. The molecule has 0 N–H and O–H groups in total. The van der Waals surface area contributed by atoms with Gasteiger partial charge in [0.1, 0.15) is 11.9 Å². The number of carbonyl (C=O) groups is 1. The summed E-state index contributed by atoms with van der Waals surface area (Å²) < 4.78 is 23.1. The van der Waals surface area contributed by atoms with E-state index in [4.69, 9.17) is 9.47 Å². The molecule has 1 saturated heterocycles. The molecule has 168 valence electrons. The maximum Gasteiger partial charge on any atom is 0.410 e. The predicted octanol–water partition coefficient (Wildman–Crippen LogP) is 4.45. The van der Waals surface area contributed by atoms with Crippen molar-refractivity contribution in [2.45, 2.75) is 50.8 Å². The molecule has 2 unspecified atom stereocenters. The maximum absolute atomic E-state index is 12.2. The number of anilines is 1. The van der Waals surface area contributed by atoms with Gasteiger partial charge in [0, 0.05) is 53.7 Å². The van der Waals surface area contributed by atoms with Crippen LogP contribution >= 0.6 is 0 Å². The van der Waals surface area contributed by atoms with Gasteiger partial charge in [-0.25, -0.2) is 4.79 Å². The van der Waals surface area contributed by atoms with Gasteiger partial charge in [-0.15, -0.1) is 0 Å². The van der Waals surface area contributed by atoms with Gasteiger partial charge in [0.25, 0.3) is 0 Å². The average molecular weight is 445 g/mol. The van der Waals surface area contributed by atoms with Crippen LogP contribution in [0.15, 0.2) is 53.4 Å². The lowest BCUT2D eigenvalue weighted by Gasteiger charge is -2.22. The topological polar surface area (TPSA) is 59.1 Å². The van der Waals surface area contributed by atoms with E-state index in [1.54, 1.807) is 11.2 Å². The molecule has 6 nitrogen and oxygen atoms in total. The number of rotatable bonds is 8. The molecule has 1 fully saturated rings. The Bertz CT molecular complexity index is 901. The first kappa shape index (κ1) is 23.1. The van der Waals surface area contributed by atoms with E-state index < -0.39 is 10.8 Å². The van der Waals surface area contributed by atoms with Crippen molar-refractivity contribution in [3.8, 4) is 5.75 Å². The Morgan fingerprint density at radius 1 is 1.23 bits per heavy atom. The quantitative estimate of drug-likeness (QED) is 0.602. The summed E-state index contributed by atoms with van der Waals surface area (Å²) in [6.07, 6.45) is 2.29. The number of ether oxygens (including phenoxy) is 2. The van der Waals surface area contributed by atoms with Gasteiger partial charge in [-0.05, 0) is 62.7 Å². The highest BCUT2D eigenvalue weighted by Gasteiger charge is 2.24. The van der Waals surface area contributed by atoms with Crippen molar-refractivity contribution in [3.63, 3.8) is 0 Å². The van der Waals surface area contributed by atoms with E-state index in [0.717, 1.165) is 41.4 Å². The summed E-state index contributed by atoms with van der Waals surface area (Å²) >= 11 is 0. The lowest BCUT2D eigenvalue weighted by molar-refractivity contribution is 0.0761. The number of benzene rings is 2. The number of amides is 1. The molecule has 1 aliphatic heterocycles. The zero-order valence-electron chi connectivity index (χ0n) is 18.7. The minimum atomic E-state index is -0.962. The van der Waals surface area contributed by atoms with Gasteiger partial charge in [0.15, 0.2) is 0 Å². The van der Waals surface area contributed by atoms with Crippen LogP contribution in [0.3, 0.4) is 0 Å². The summed E-state index contributed by atoms with van der Waals surface area (Å²) in [6, 6.07) is 15.8. The Kier molecular flexibility index (Phi) is 7.96. The zero-order valence-corrected chi connectivity index (χ0v) is 19.6. The van der Waals surface area contributed by atoms with Crippen LogP contribution in [0.5, 0.6) is 5.75 Å². The van der Waals surface area contributed by atoms with Gasteiger partial charge in [0.2, 0.25) is 0 Å². The highest BCUT2D eigenvalue weighted by atomic mass is 32.2. The first-order chi connectivity index (χ1) is 14.9. The van der Waals surface area contributed by atoms with E-state index in [0.29, 0.717) is 13.1 Å². The van der Waals surface area contributed by atoms with E-state index in [1.807, 2.05) is 69.3 Å². The van der Waals surface area contributed by atoms with Crippen molar-refractivity contribution in [2.75, 3.05) is 30.8 Å². The molecule has 1 aliphatic rings. The van der Waals surface area contributed by atoms with Crippen LogP contribution < -0.4 is 9.64 Å². The van der Waals surface area contributed by atoms with Crippen LogP contribution in [0.2, 0.25) is 0 Å². The van der Waals surface area contributed by atoms with Crippen molar-refractivity contribution >= 4 is 22.6 Å². The molecule has 0 aliphatic carbocycles. The summed E-state index contributed by atoms with van der Waals surface area (Å²) in [7, 11) is -0.962. The Balaban J connectivity index is 1.58. The summed E-state index contributed by atoms with van der Waals surface area (Å²) in [4.78, 5) is 17.0. The predicted molar refractivity (Wildman–Crippen MR) is 124 cm³/mol. The molecule has 1 heterocycles. The number of hydrogen-bond acceptors (Lipinski definition) is 5. The molecule has 2 atom stereocenters. The molecular weight excluding hydrogens is 412 g/mol. The van der Waals surface area contributed by atoms with Gasteiger partial charge < -0.3 is 19.3 Å². The second-order valence-electron chi connectivity index (χ2n) is 8.02. The van der Waals surface area contributed by atoms with Crippen LogP contribution in [0.25, 0.3) is 0 Å². The second-order valence-corrected chi connectivity index (χ2v) is 9.40. The van der Waals surface area contributed by atoms with Crippen molar-refractivity contribution in [2.24, 2.45) is 0 Å². The van der Waals surface area contributed by atoms with Gasteiger partial charge >= 0.3 is 6.09 Å². The van der Waals surface area contributed by atoms with E-state index >= 15 is 0 Å². The fourth-order valence-corrected chi connectivity index (χ4v) is 4.14. The second kappa shape index (κ2) is 10.7. The first-order valence-corrected chi connectivity index (χ1v) is 12.3. The van der Waals surface area contributed by atoms with Crippen molar-refractivity contribution in [3.05, 3.63) is 54.1 Å². The third-order valence-corrected chi connectivity index (χ3v) is 6.17. The SMILES string of the molecule is CCN(Cc1cccc(OC2CCN(c3ccc(S(C)=O)cc3)C2)c1)C(=O)OC(C)C. The van der Waals surface area contributed by atoms with E-state index in [1.165, 1.54) is 0 Å². The highest BCUT2D eigenvalue weighted by Crippen LogP contribution is 2.25. The molecule has 31 heavy (non-hydrogen) atoms. The van der Waals surface area contributed by atoms with E-state index in [2.05, 4.69) is 4.90 Å². The highest BCUT2D eigenvalue weighted by molar-refractivity contribution is 7.84. The molecule has 3 rings (SSSR count). The van der Waals surface area contributed by atoms with Crippen LogP contribution in [0.4, 0.5) is 10.5 Å². The van der Waals surface area contributed by atoms with Crippen molar-refractivity contribution in [1.29, 1.82) is 0 Å². The van der Waals surface area contributed by atoms with Gasteiger partial charge in [-0.3, -0.25) is 4.21 Å². The third kappa shape index (κ3) is 6.47. The van der Waals surface area contributed by atoms with Crippen LogP contribution in [-0.2, 0) is 22.1 Å². The summed E-state index contributed by atoms with van der Waals surface area (Å²) in [6.45, 7) is 8.44. The molecular formula is C24H32N2O4S. The fourth-order valence-electron chi connectivity index (χ4n) is 3.62. The average Bonchev–Trinajstić information content (AvgIpc) is 3.20. The smallest absolute Gasteiger partial charge is 0.410 e. The Labute approximate surface area is 187 Å². The Hall–Kier alpha value is -2.54. The van der Waals surface area contributed by atoms with Gasteiger partial charge in [0.05, 0.1) is 12.6 Å². The van der Waals surface area contributed by atoms with Crippen molar-refractivity contribution < 1.29 is 18.5 Å². The normalized spacial score (nSPS) is 16.9. The first-order valence-electron chi connectivity index (χ1n) is 10.7. The van der Waals surface area contributed by atoms with Crippen LogP contribution in [0.1, 0.15) is 32.8 Å². The number of nitrogens with zero attached hydrogens (tertiary/aromatic N) is 2. The third-order valence-electron chi connectivity index (χ3n) is 5.23. The Morgan fingerprint density at radius 2 is 1.97 bits per heavy atom. The van der Waals surface area contributed by atoms with Crippen LogP contribution in [-0.4, -0.2) is 53.3 Å². The zero-order chi connectivity index (χ0) is 22.4. The molecule has 7 heteroatoms. The largest absolute Gasteiger partial charge is 0.489 e. The fraction of sp³-hybridized carbons (Fsp3) is 0.458. The number of carbonyl (C=O) groups excluding carboxylic acids is 1. The summed E-state index contributed by atoms with van der Waals surface area (Å²) in [5, 5.41) is 0. The molecule has 0 bridgehead atoms. The lowest BCUT2D eigenvalue weighted by atomic mass is 10.2. The van der Waals surface area contributed by atoms with E-state index in [9.17, 15) is 9.00 Å². The Morgan fingerprint density at radius 3 is 2.61 bits per heavy atom. The molecule has 2 aromatic rings. The van der Waals surface area contributed by atoms with Gasteiger partial charge in [-0.1, -0.05) is 12.1 Å². The molecule has 0 spiro atoms. The minimum absolute atomic E-state index is 0.100. The molecule has 0 radical (unpaired) electrons. The summed E-state index contributed by atoms with van der Waals surface area (Å²) in [5.41, 5.74) is 2.13. The maximum atomic E-state index is 12.2. The molecule has 2 aromatic carbocycles. The lowest BCUT2D eigenvalue weighted by Crippen LogP contribution is -2.32. The standard InChI is InChI=1S/C24H32N2O4S/c1-5-25(24(27)29-18(2)3)16-19-7-6-8-21(15-19)30-22-13-14-26(17-22)20-9-11-23(12-10-20)31(4)28/h6-12,15,18,22H,5,13-14,16-17H2,1-4H3. The monoisotopic (exact) mass is 444 g/mol. The minimum Gasteiger partial charge on any atom is -0.489 e. The molecule has 0 saturated carbocycles. The number of hydrogen-bond donors (Lipinski definition) is 0. The van der Waals surface area contributed by atoms with Crippen molar-refractivity contribution in [1.82, 2.24) is 4.90 Å².